The van der Waals surface area contributed by atoms with E-state index in [1.807, 2.05) is 12.1 Å². The summed E-state index contributed by atoms with van der Waals surface area (Å²) in [6.07, 6.45) is 5.37. The summed E-state index contributed by atoms with van der Waals surface area (Å²) in [6.45, 7) is 3.69. The van der Waals surface area contributed by atoms with Crippen molar-refractivity contribution in [1.82, 2.24) is 0 Å². The summed E-state index contributed by atoms with van der Waals surface area (Å²) in [7, 11) is 1.52. The molecule has 5 heteroatoms. The van der Waals surface area contributed by atoms with E-state index in [0.717, 1.165) is 5.56 Å². The van der Waals surface area contributed by atoms with E-state index in [0.29, 0.717) is 33.5 Å². The summed E-state index contributed by atoms with van der Waals surface area (Å²) < 4.78 is 10.6. The Labute approximate surface area is 151 Å². The Morgan fingerprint density at radius 3 is 2.62 bits per heavy atom. The topological polar surface area (TPSA) is 35.5 Å². The van der Waals surface area contributed by atoms with Gasteiger partial charge in [-0.25, -0.2) is 4.79 Å². The van der Waals surface area contributed by atoms with Gasteiger partial charge in [-0.1, -0.05) is 41.4 Å². The van der Waals surface area contributed by atoms with Crippen LogP contribution in [0.15, 0.2) is 55.1 Å². The summed E-state index contributed by atoms with van der Waals surface area (Å²) >= 11 is 11.9. The zero-order valence-electron chi connectivity index (χ0n) is 13.1. The molecule has 24 heavy (non-hydrogen) atoms. The van der Waals surface area contributed by atoms with E-state index in [1.54, 1.807) is 36.4 Å². The van der Waals surface area contributed by atoms with Gasteiger partial charge in [-0.15, -0.1) is 6.58 Å². The highest BCUT2D eigenvalue weighted by molar-refractivity contribution is 6.35. The zero-order valence-corrected chi connectivity index (χ0v) is 14.6. The fourth-order valence-corrected chi connectivity index (χ4v) is 2.50. The lowest BCUT2D eigenvalue weighted by Gasteiger charge is -2.09. The van der Waals surface area contributed by atoms with Crippen LogP contribution in [0, 0.1) is 0 Å². The number of benzene rings is 2. The molecule has 0 saturated heterocycles. The molecule has 0 aliphatic rings. The van der Waals surface area contributed by atoms with E-state index in [-0.39, 0.29) is 0 Å². The van der Waals surface area contributed by atoms with Crippen molar-refractivity contribution in [3.8, 4) is 11.5 Å². The fourth-order valence-electron chi connectivity index (χ4n) is 2.03. The van der Waals surface area contributed by atoms with Crippen molar-refractivity contribution in [2.45, 2.75) is 6.42 Å². The van der Waals surface area contributed by atoms with Crippen LogP contribution >= 0.6 is 23.2 Å². The Bertz CT molecular complexity index is 782. The molecule has 0 heterocycles. The van der Waals surface area contributed by atoms with Crippen LogP contribution < -0.4 is 9.47 Å². The molecule has 3 nitrogen and oxygen atoms in total. The van der Waals surface area contributed by atoms with Crippen LogP contribution in [-0.4, -0.2) is 13.1 Å². The molecule has 0 aliphatic heterocycles. The monoisotopic (exact) mass is 362 g/mol. The molecule has 124 valence electrons. The number of hydrogen-bond donors (Lipinski definition) is 0. The molecule has 0 radical (unpaired) electrons. The summed E-state index contributed by atoms with van der Waals surface area (Å²) in [5.41, 5.74) is 1.69. The van der Waals surface area contributed by atoms with E-state index < -0.39 is 5.97 Å². The highest BCUT2D eigenvalue weighted by atomic mass is 35.5. The van der Waals surface area contributed by atoms with Crippen LogP contribution in [-0.2, 0) is 11.2 Å². The summed E-state index contributed by atoms with van der Waals surface area (Å²) in [5, 5.41) is 0.988. The van der Waals surface area contributed by atoms with Crippen molar-refractivity contribution in [3.63, 3.8) is 0 Å². The van der Waals surface area contributed by atoms with Crippen LogP contribution in [0.5, 0.6) is 11.5 Å². The first kappa shape index (κ1) is 18.1. The number of hydrogen-bond acceptors (Lipinski definition) is 3. The van der Waals surface area contributed by atoms with E-state index in [1.165, 1.54) is 13.2 Å². The third-order valence-corrected chi connectivity index (χ3v) is 3.74. The molecule has 2 aromatic rings. The van der Waals surface area contributed by atoms with Crippen LogP contribution in [0.3, 0.4) is 0 Å². The minimum atomic E-state index is -0.532. The molecule has 0 bridgehead atoms. The number of halogens is 2. The molecule has 0 aromatic heterocycles. The number of allylic oxidation sites excluding steroid dienone is 1. The second-order valence-electron chi connectivity index (χ2n) is 4.90. The maximum absolute atomic E-state index is 12.0. The molecule has 0 amide bonds. The average Bonchev–Trinajstić information content (AvgIpc) is 2.55. The Morgan fingerprint density at radius 1 is 1.17 bits per heavy atom. The van der Waals surface area contributed by atoms with Crippen molar-refractivity contribution in [3.05, 3.63) is 76.3 Å². The number of ether oxygens (including phenoxy) is 2. The fraction of sp³-hybridized carbons (Fsp3) is 0.105. The standard InChI is InChI=1S/C19H16Cl2O3/c1-3-4-13-5-9-17(18(11-13)23-2)24-19(22)10-7-14-6-8-15(20)12-16(14)21/h3,5-12H,1,4H2,2H3/b10-7+. The van der Waals surface area contributed by atoms with Crippen molar-refractivity contribution in [2.75, 3.05) is 7.11 Å². The maximum Gasteiger partial charge on any atom is 0.336 e. The molecular formula is C19H16Cl2O3. The first-order chi connectivity index (χ1) is 11.5. The molecule has 0 aliphatic carbocycles. The zero-order chi connectivity index (χ0) is 17.5. The second kappa shape index (κ2) is 8.57. The normalized spacial score (nSPS) is 10.6. The highest BCUT2D eigenvalue weighted by Crippen LogP contribution is 2.29. The van der Waals surface area contributed by atoms with E-state index >= 15 is 0 Å². The lowest BCUT2D eigenvalue weighted by Crippen LogP contribution is -2.05. The minimum Gasteiger partial charge on any atom is -0.493 e. The number of carbonyl (C=O) groups is 1. The summed E-state index contributed by atoms with van der Waals surface area (Å²) in [6, 6.07) is 10.4. The molecule has 0 atom stereocenters. The van der Waals surface area contributed by atoms with Gasteiger partial charge in [-0.2, -0.15) is 0 Å². The predicted octanol–water partition coefficient (Wildman–Crippen LogP) is 5.35. The Hall–Kier alpha value is -2.23. The predicted molar refractivity (Wildman–Crippen MR) is 98.0 cm³/mol. The molecule has 0 unspecified atom stereocenters. The van der Waals surface area contributed by atoms with Gasteiger partial charge in [0.25, 0.3) is 0 Å². The highest BCUT2D eigenvalue weighted by Gasteiger charge is 2.09. The largest absolute Gasteiger partial charge is 0.493 e. The van der Waals surface area contributed by atoms with Gasteiger partial charge in [0.05, 0.1) is 7.11 Å². The maximum atomic E-state index is 12.0. The summed E-state index contributed by atoms with van der Waals surface area (Å²) in [5.74, 6) is 0.304. The Kier molecular flexibility index (Phi) is 6.47. The number of esters is 1. The first-order valence-corrected chi connectivity index (χ1v) is 7.92. The second-order valence-corrected chi connectivity index (χ2v) is 5.74. The Balaban J connectivity index is 2.11. The van der Waals surface area contributed by atoms with Gasteiger partial charge >= 0.3 is 5.97 Å². The van der Waals surface area contributed by atoms with Crippen molar-refractivity contribution in [2.24, 2.45) is 0 Å². The van der Waals surface area contributed by atoms with E-state index in [9.17, 15) is 4.79 Å². The molecule has 0 saturated carbocycles. The smallest absolute Gasteiger partial charge is 0.336 e. The summed E-state index contributed by atoms with van der Waals surface area (Å²) in [4.78, 5) is 12.0. The van der Waals surface area contributed by atoms with Crippen molar-refractivity contribution >= 4 is 35.2 Å². The van der Waals surface area contributed by atoms with E-state index in [2.05, 4.69) is 6.58 Å². The van der Waals surface area contributed by atoms with Crippen LogP contribution in [0.1, 0.15) is 11.1 Å². The number of rotatable bonds is 6. The van der Waals surface area contributed by atoms with Gasteiger partial charge in [0.15, 0.2) is 11.5 Å². The molecule has 2 aromatic carbocycles. The number of methoxy groups -OCH3 is 1. The van der Waals surface area contributed by atoms with Gasteiger partial charge in [0.1, 0.15) is 0 Å². The minimum absolute atomic E-state index is 0.349. The van der Waals surface area contributed by atoms with Gasteiger partial charge in [0, 0.05) is 16.1 Å². The average molecular weight is 363 g/mol. The SMILES string of the molecule is C=CCc1ccc(OC(=O)/C=C/c2ccc(Cl)cc2Cl)c(OC)c1. The van der Waals surface area contributed by atoms with Crippen molar-refractivity contribution in [1.29, 1.82) is 0 Å². The lowest BCUT2D eigenvalue weighted by molar-refractivity contribution is -0.129. The third kappa shape index (κ3) is 4.88. The van der Waals surface area contributed by atoms with Gasteiger partial charge in [-0.3, -0.25) is 0 Å². The molecule has 0 fully saturated rings. The molecule has 2 rings (SSSR count). The van der Waals surface area contributed by atoms with Gasteiger partial charge in [0.2, 0.25) is 0 Å². The third-order valence-electron chi connectivity index (χ3n) is 3.18. The lowest BCUT2D eigenvalue weighted by atomic mass is 10.1. The van der Waals surface area contributed by atoms with Gasteiger partial charge < -0.3 is 9.47 Å². The number of carbonyl (C=O) groups excluding carboxylic acids is 1. The quantitative estimate of drug-likeness (QED) is 0.300. The molecule has 0 spiro atoms. The van der Waals surface area contributed by atoms with E-state index in [4.69, 9.17) is 32.7 Å². The van der Waals surface area contributed by atoms with Crippen LogP contribution in [0.25, 0.3) is 6.08 Å². The van der Waals surface area contributed by atoms with Crippen LogP contribution in [0.4, 0.5) is 0 Å². The molecular weight excluding hydrogens is 347 g/mol. The Morgan fingerprint density at radius 2 is 1.96 bits per heavy atom. The molecule has 0 N–H and O–H groups in total. The first-order valence-electron chi connectivity index (χ1n) is 7.16. The van der Waals surface area contributed by atoms with Gasteiger partial charge in [-0.05, 0) is 47.9 Å². The van der Waals surface area contributed by atoms with Crippen molar-refractivity contribution < 1.29 is 14.3 Å². The van der Waals surface area contributed by atoms with Crippen LogP contribution in [0.2, 0.25) is 10.0 Å².